The average Bonchev–Trinajstić information content (AvgIpc) is 2.95. The number of hydrogen-bond donors (Lipinski definition) is 0. The Kier molecular flexibility index (Phi) is 4.62. The van der Waals surface area contributed by atoms with E-state index in [1.807, 2.05) is 18.5 Å². The van der Waals surface area contributed by atoms with E-state index in [1.54, 1.807) is 11.2 Å². The number of ether oxygens (including phenoxy) is 1. The molecule has 2 unspecified atom stereocenters. The molecule has 0 aliphatic carbocycles. The van der Waals surface area contributed by atoms with Gasteiger partial charge in [0.2, 0.25) is 0 Å². The van der Waals surface area contributed by atoms with Gasteiger partial charge in [-0.15, -0.1) is 10.2 Å². The van der Waals surface area contributed by atoms with Gasteiger partial charge in [-0.25, -0.2) is 4.79 Å². The summed E-state index contributed by atoms with van der Waals surface area (Å²) < 4.78 is 7.40. The number of likely N-dealkylation sites (tertiary alicyclic amines) is 1. The highest BCUT2D eigenvalue weighted by Crippen LogP contribution is 2.26. The van der Waals surface area contributed by atoms with Crippen molar-refractivity contribution in [3.63, 3.8) is 0 Å². The Hall–Kier alpha value is -1.59. The maximum absolute atomic E-state index is 12.1. The molecule has 2 heterocycles. The van der Waals surface area contributed by atoms with Crippen LogP contribution in [0.25, 0.3) is 0 Å². The quantitative estimate of drug-likeness (QED) is 0.848. The van der Waals surface area contributed by atoms with Crippen molar-refractivity contribution in [1.29, 1.82) is 0 Å². The molecule has 2 atom stereocenters. The molecular formula is C14H24N4O2. The van der Waals surface area contributed by atoms with Crippen LogP contribution in [0.1, 0.15) is 45.4 Å². The maximum atomic E-state index is 12.1. The summed E-state index contributed by atoms with van der Waals surface area (Å²) in [6.07, 6.45) is 3.27. The standard InChI is InChI=1S/C14H24N4O2/c1-10(2)7-11(3)20-14(19)18-6-5-12(8-18)13-16-15-9-17(13)4/h9-12H,5-8H2,1-4H3. The lowest BCUT2D eigenvalue weighted by atomic mass is 10.1. The van der Waals surface area contributed by atoms with Gasteiger partial charge in [0.05, 0.1) is 0 Å². The summed E-state index contributed by atoms with van der Waals surface area (Å²) in [5.74, 6) is 1.73. The summed E-state index contributed by atoms with van der Waals surface area (Å²) in [7, 11) is 1.93. The van der Waals surface area contributed by atoms with Gasteiger partial charge in [0.1, 0.15) is 18.3 Å². The number of aryl methyl sites for hydroxylation is 1. The zero-order valence-electron chi connectivity index (χ0n) is 12.7. The third-order valence-electron chi connectivity index (χ3n) is 3.66. The van der Waals surface area contributed by atoms with Crippen LogP contribution in [0.5, 0.6) is 0 Å². The van der Waals surface area contributed by atoms with E-state index >= 15 is 0 Å². The highest BCUT2D eigenvalue weighted by Gasteiger charge is 2.31. The first-order valence-electron chi connectivity index (χ1n) is 7.26. The molecule has 0 saturated carbocycles. The van der Waals surface area contributed by atoms with E-state index in [-0.39, 0.29) is 18.1 Å². The zero-order valence-corrected chi connectivity index (χ0v) is 12.7. The SMILES string of the molecule is CC(C)CC(C)OC(=O)N1CCC(c2nncn2C)C1. The van der Waals surface area contributed by atoms with Gasteiger partial charge >= 0.3 is 6.09 Å². The van der Waals surface area contributed by atoms with Crippen molar-refractivity contribution in [3.05, 3.63) is 12.2 Å². The number of hydrogen-bond acceptors (Lipinski definition) is 4. The molecule has 0 N–H and O–H groups in total. The number of carbonyl (C=O) groups is 1. The van der Waals surface area contributed by atoms with Crippen molar-refractivity contribution in [3.8, 4) is 0 Å². The number of aromatic nitrogens is 3. The minimum atomic E-state index is -0.206. The predicted molar refractivity (Wildman–Crippen MR) is 75.3 cm³/mol. The second-order valence-corrected chi connectivity index (χ2v) is 6.06. The minimum absolute atomic E-state index is 0.0311. The van der Waals surface area contributed by atoms with E-state index in [0.717, 1.165) is 25.2 Å². The molecule has 1 aromatic heterocycles. The molecule has 0 radical (unpaired) electrons. The van der Waals surface area contributed by atoms with E-state index in [1.165, 1.54) is 0 Å². The number of amides is 1. The predicted octanol–water partition coefficient (Wildman–Crippen LogP) is 2.18. The average molecular weight is 280 g/mol. The van der Waals surface area contributed by atoms with E-state index in [0.29, 0.717) is 12.5 Å². The Bertz CT molecular complexity index is 458. The Labute approximate surface area is 120 Å². The zero-order chi connectivity index (χ0) is 14.7. The first-order chi connectivity index (χ1) is 9.47. The summed E-state index contributed by atoms with van der Waals surface area (Å²) in [5, 5.41) is 8.02. The molecule has 6 heteroatoms. The number of rotatable bonds is 4. The summed E-state index contributed by atoms with van der Waals surface area (Å²) >= 11 is 0. The summed E-state index contributed by atoms with van der Waals surface area (Å²) in [6, 6.07) is 0. The molecule has 6 nitrogen and oxygen atoms in total. The fourth-order valence-corrected chi connectivity index (χ4v) is 2.76. The van der Waals surface area contributed by atoms with E-state index in [2.05, 4.69) is 24.0 Å². The highest BCUT2D eigenvalue weighted by molar-refractivity contribution is 5.68. The Morgan fingerprint density at radius 2 is 2.25 bits per heavy atom. The van der Waals surface area contributed by atoms with Crippen LogP contribution in [0.3, 0.4) is 0 Å². The van der Waals surface area contributed by atoms with Gasteiger partial charge in [0.25, 0.3) is 0 Å². The summed E-state index contributed by atoms with van der Waals surface area (Å²) in [4.78, 5) is 13.9. The van der Waals surface area contributed by atoms with Crippen LogP contribution >= 0.6 is 0 Å². The van der Waals surface area contributed by atoms with E-state index in [4.69, 9.17) is 4.74 Å². The lowest BCUT2D eigenvalue weighted by molar-refractivity contribution is 0.0670. The molecule has 0 spiro atoms. The van der Waals surface area contributed by atoms with Crippen molar-refractivity contribution in [2.24, 2.45) is 13.0 Å². The Balaban J connectivity index is 1.86. The molecule has 0 aromatic carbocycles. The normalized spacial score (nSPS) is 20.4. The van der Waals surface area contributed by atoms with Gasteiger partial charge in [0.15, 0.2) is 0 Å². The maximum Gasteiger partial charge on any atom is 0.410 e. The molecule has 0 bridgehead atoms. The fraction of sp³-hybridized carbons (Fsp3) is 0.786. The lowest BCUT2D eigenvalue weighted by Crippen LogP contribution is -2.32. The number of nitrogens with zero attached hydrogens (tertiary/aromatic N) is 4. The third-order valence-corrected chi connectivity index (χ3v) is 3.66. The second kappa shape index (κ2) is 6.24. The van der Waals surface area contributed by atoms with Gasteiger partial charge in [-0.2, -0.15) is 0 Å². The van der Waals surface area contributed by atoms with Crippen molar-refractivity contribution >= 4 is 6.09 Å². The Morgan fingerprint density at radius 1 is 1.50 bits per heavy atom. The molecule has 20 heavy (non-hydrogen) atoms. The van der Waals surface area contributed by atoms with Gasteiger partial charge in [-0.05, 0) is 25.7 Å². The van der Waals surface area contributed by atoms with Crippen LogP contribution in [0.2, 0.25) is 0 Å². The van der Waals surface area contributed by atoms with Crippen LogP contribution in [0.15, 0.2) is 6.33 Å². The van der Waals surface area contributed by atoms with Crippen molar-refractivity contribution in [2.45, 2.75) is 45.6 Å². The van der Waals surface area contributed by atoms with Crippen LogP contribution < -0.4 is 0 Å². The minimum Gasteiger partial charge on any atom is -0.446 e. The molecular weight excluding hydrogens is 256 g/mol. The summed E-state index contributed by atoms with van der Waals surface area (Å²) in [6.45, 7) is 7.60. The topological polar surface area (TPSA) is 60.2 Å². The first-order valence-corrected chi connectivity index (χ1v) is 7.26. The van der Waals surface area contributed by atoms with Gasteiger partial charge in [-0.1, -0.05) is 13.8 Å². The third kappa shape index (κ3) is 3.49. The first kappa shape index (κ1) is 14.8. The molecule has 1 amide bonds. The summed E-state index contributed by atoms with van der Waals surface area (Å²) in [5.41, 5.74) is 0. The Morgan fingerprint density at radius 3 is 2.85 bits per heavy atom. The molecule has 1 saturated heterocycles. The van der Waals surface area contributed by atoms with Crippen molar-refractivity contribution < 1.29 is 9.53 Å². The van der Waals surface area contributed by atoms with Crippen molar-refractivity contribution in [2.75, 3.05) is 13.1 Å². The molecule has 112 valence electrons. The monoisotopic (exact) mass is 280 g/mol. The number of carbonyl (C=O) groups excluding carboxylic acids is 1. The van der Waals surface area contributed by atoms with Crippen LogP contribution in [-0.2, 0) is 11.8 Å². The van der Waals surface area contributed by atoms with E-state index in [9.17, 15) is 4.79 Å². The smallest absolute Gasteiger partial charge is 0.410 e. The fourth-order valence-electron chi connectivity index (χ4n) is 2.76. The van der Waals surface area contributed by atoms with E-state index < -0.39 is 0 Å². The van der Waals surface area contributed by atoms with Crippen molar-refractivity contribution in [1.82, 2.24) is 19.7 Å². The van der Waals surface area contributed by atoms with Gasteiger partial charge in [-0.3, -0.25) is 0 Å². The molecule has 1 aliphatic heterocycles. The lowest BCUT2D eigenvalue weighted by Gasteiger charge is -2.21. The second-order valence-electron chi connectivity index (χ2n) is 6.06. The molecule has 1 aliphatic rings. The van der Waals surface area contributed by atoms with Gasteiger partial charge < -0.3 is 14.2 Å². The molecule has 1 aromatic rings. The van der Waals surface area contributed by atoms with Crippen LogP contribution in [-0.4, -0.2) is 45.0 Å². The van der Waals surface area contributed by atoms with Gasteiger partial charge in [0, 0.05) is 26.1 Å². The molecule has 2 rings (SSSR count). The molecule has 1 fully saturated rings. The van der Waals surface area contributed by atoms with Crippen LogP contribution in [0, 0.1) is 5.92 Å². The highest BCUT2D eigenvalue weighted by atomic mass is 16.6. The van der Waals surface area contributed by atoms with Crippen LogP contribution in [0.4, 0.5) is 4.79 Å². The largest absolute Gasteiger partial charge is 0.446 e.